The van der Waals surface area contributed by atoms with Crippen LogP contribution in [0.3, 0.4) is 0 Å². The van der Waals surface area contributed by atoms with E-state index in [1.165, 1.54) is 27.5 Å². The lowest BCUT2D eigenvalue weighted by molar-refractivity contribution is -0.128. The number of ether oxygens (including phenoxy) is 1. The summed E-state index contributed by atoms with van der Waals surface area (Å²) in [4.78, 5) is 14.0. The van der Waals surface area contributed by atoms with Crippen LogP contribution in [0.1, 0.15) is 23.1 Å². The van der Waals surface area contributed by atoms with Gasteiger partial charge in [0.05, 0.1) is 5.54 Å². The molecule has 0 amide bonds. The number of carbonyl (C=O) groups excluding carboxylic acids is 1. The fourth-order valence-corrected chi connectivity index (χ4v) is 6.16. The van der Waals surface area contributed by atoms with Crippen molar-refractivity contribution in [2.45, 2.75) is 12.0 Å². The third-order valence-electron chi connectivity index (χ3n) is 7.92. The van der Waals surface area contributed by atoms with Crippen LogP contribution in [0.5, 0.6) is 5.75 Å². The molecule has 40 heavy (non-hydrogen) atoms. The van der Waals surface area contributed by atoms with Gasteiger partial charge in [-0.05, 0) is 81.4 Å². The minimum absolute atomic E-state index is 0.364. The van der Waals surface area contributed by atoms with Crippen LogP contribution in [-0.4, -0.2) is 5.97 Å². The predicted molar refractivity (Wildman–Crippen MR) is 165 cm³/mol. The molecule has 0 saturated heterocycles. The van der Waals surface area contributed by atoms with Gasteiger partial charge >= 0.3 is 5.97 Å². The van der Waals surface area contributed by atoms with Gasteiger partial charge in [-0.3, -0.25) is 0 Å². The van der Waals surface area contributed by atoms with Gasteiger partial charge in [0, 0.05) is 17.5 Å². The Balaban J connectivity index is 1.34. The van der Waals surface area contributed by atoms with E-state index in [4.69, 9.17) is 4.74 Å². The predicted octanol–water partition coefficient (Wildman–Crippen LogP) is 9.08. The number of benzene rings is 5. The molecule has 0 radical (unpaired) electrons. The quantitative estimate of drug-likeness (QED) is 0.128. The zero-order valence-corrected chi connectivity index (χ0v) is 22.0. The van der Waals surface area contributed by atoms with E-state index in [0.29, 0.717) is 5.75 Å². The van der Waals surface area contributed by atoms with Gasteiger partial charge in [0.2, 0.25) is 0 Å². The van der Waals surface area contributed by atoms with Crippen LogP contribution >= 0.6 is 0 Å². The Morgan fingerprint density at radius 3 is 2.23 bits per heavy atom. The lowest BCUT2D eigenvalue weighted by Gasteiger charge is -2.47. The SMILES string of the molecule is C=CC(=O)Oc1ccc(-c2ccc(N(c3ccccc3)C34C=Cc5cccc6ccc(c3c56)C=CC4)cc2)cc1. The Morgan fingerprint density at radius 1 is 0.750 bits per heavy atom. The van der Waals surface area contributed by atoms with Crippen LogP contribution in [0.15, 0.2) is 134 Å². The molecule has 3 nitrogen and oxygen atoms in total. The molecule has 0 aromatic heterocycles. The Bertz CT molecular complexity index is 1820. The van der Waals surface area contributed by atoms with E-state index in [1.807, 2.05) is 12.1 Å². The molecule has 0 spiro atoms. The molecule has 3 heteroatoms. The summed E-state index contributed by atoms with van der Waals surface area (Å²) in [6.45, 7) is 3.45. The van der Waals surface area contributed by atoms with Crippen molar-refractivity contribution >= 4 is 40.3 Å². The van der Waals surface area contributed by atoms with E-state index in [2.05, 4.69) is 121 Å². The molecule has 0 saturated carbocycles. The highest BCUT2D eigenvalue weighted by Crippen LogP contribution is 2.52. The zero-order valence-electron chi connectivity index (χ0n) is 22.0. The molecule has 0 N–H and O–H groups in total. The van der Waals surface area contributed by atoms with Gasteiger partial charge in [0.15, 0.2) is 0 Å². The highest BCUT2D eigenvalue weighted by atomic mass is 16.5. The van der Waals surface area contributed by atoms with E-state index in [0.717, 1.165) is 35.0 Å². The highest BCUT2D eigenvalue weighted by molar-refractivity contribution is 6.00. The molecular formula is C37H27NO2. The molecule has 2 aliphatic carbocycles. The number of nitrogens with zero attached hydrogens (tertiary/aromatic N) is 1. The number of carbonyl (C=O) groups is 1. The van der Waals surface area contributed by atoms with Crippen molar-refractivity contribution < 1.29 is 9.53 Å². The average Bonchev–Trinajstić information content (AvgIpc) is 3.01. The summed E-state index contributed by atoms with van der Waals surface area (Å²) in [6, 6.07) is 38.0. The molecule has 5 aromatic carbocycles. The van der Waals surface area contributed by atoms with Crippen molar-refractivity contribution in [3.8, 4) is 16.9 Å². The molecule has 192 valence electrons. The van der Waals surface area contributed by atoms with Crippen LogP contribution in [0.25, 0.3) is 34.1 Å². The normalized spacial score (nSPS) is 16.5. The third-order valence-corrected chi connectivity index (χ3v) is 7.92. The van der Waals surface area contributed by atoms with Crippen molar-refractivity contribution in [1.82, 2.24) is 0 Å². The summed E-state index contributed by atoms with van der Waals surface area (Å²) in [5, 5.41) is 2.60. The van der Waals surface area contributed by atoms with Gasteiger partial charge < -0.3 is 9.64 Å². The van der Waals surface area contributed by atoms with Gasteiger partial charge in [-0.2, -0.15) is 0 Å². The summed E-state index contributed by atoms with van der Waals surface area (Å²) in [6.07, 6.45) is 11.3. The summed E-state index contributed by atoms with van der Waals surface area (Å²) in [5.74, 6) is 0.0348. The van der Waals surface area contributed by atoms with Crippen LogP contribution in [0.4, 0.5) is 11.4 Å². The Morgan fingerprint density at radius 2 is 1.48 bits per heavy atom. The molecule has 0 fully saturated rings. The van der Waals surface area contributed by atoms with Crippen LogP contribution < -0.4 is 9.64 Å². The van der Waals surface area contributed by atoms with Gasteiger partial charge in [-0.1, -0.05) is 104 Å². The second-order valence-corrected chi connectivity index (χ2v) is 10.2. The van der Waals surface area contributed by atoms with E-state index >= 15 is 0 Å². The maximum atomic E-state index is 11.5. The molecule has 5 aromatic rings. The van der Waals surface area contributed by atoms with E-state index in [-0.39, 0.29) is 5.54 Å². The summed E-state index contributed by atoms with van der Waals surface area (Å²) in [5.41, 5.74) is 7.94. The smallest absolute Gasteiger partial charge is 0.335 e. The van der Waals surface area contributed by atoms with Gasteiger partial charge in [0.1, 0.15) is 5.75 Å². The van der Waals surface area contributed by atoms with E-state index < -0.39 is 5.97 Å². The number of anilines is 2. The molecule has 2 aliphatic rings. The maximum absolute atomic E-state index is 11.5. The van der Waals surface area contributed by atoms with Gasteiger partial charge in [-0.25, -0.2) is 4.79 Å². The van der Waals surface area contributed by atoms with Crippen molar-refractivity contribution in [2.75, 3.05) is 4.90 Å². The van der Waals surface area contributed by atoms with E-state index in [9.17, 15) is 4.79 Å². The Hall–Kier alpha value is -5.15. The lowest BCUT2D eigenvalue weighted by Crippen LogP contribution is -2.44. The largest absolute Gasteiger partial charge is 0.423 e. The number of para-hydroxylation sites is 1. The van der Waals surface area contributed by atoms with Gasteiger partial charge in [-0.15, -0.1) is 0 Å². The van der Waals surface area contributed by atoms with Crippen molar-refractivity contribution in [1.29, 1.82) is 0 Å². The van der Waals surface area contributed by atoms with E-state index in [1.54, 1.807) is 12.1 Å². The van der Waals surface area contributed by atoms with Crippen molar-refractivity contribution in [3.63, 3.8) is 0 Å². The summed E-state index contributed by atoms with van der Waals surface area (Å²) >= 11 is 0. The van der Waals surface area contributed by atoms with Crippen LogP contribution in [0.2, 0.25) is 0 Å². The number of hydrogen-bond acceptors (Lipinski definition) is 3. The average molecular weight is 518 g/mol. The second-order valence-electron chi connectivity index (χ2n) is 10.2. The molecule has 1 unspecified atom stereocenters. The Kier molecular flexibility index (Phi) is 5.71. The molecule has 0 bridgehead atoms. The first kappa shape index (κ1) is 23.9. The maximum Gasteiger partial charge on any atom is 0.335 e. The topological polar surface area (TPSA) is 29.5 Å². The highest BCUT2D eigenvalue weighted by Gasteiger charge is 2.42. The van der Waals surface area contributed by atoms with Crippen molar-refractivity contribution in [3.05, 3.63) is 151 Å². The summed E-state index contributed by atoms with van der Waals surface area (Å²) in [7, 11) is 0. The Labute approximate surface area is 234 Å². The fraction of sp³-hybridized carbons (Fsp3) is 0.0541. The molecule has 7 rings (SSSR count). The lowest BCUT2D eigenvalue weighted by atomic mass is 9.72. The first-order valence-corrected chi connectivity index (χ1v) is 13.5. The minimum Gasteiger partial charge on any atom is -0.423 e. The first-order chi connectivity index (χ1) is 19.7. The third kappa shape index (κ3) is 3.87. The van der Waals surface area contributed by atoms with Crippen molar-refractivity contribution in [2.24, 2.45) is 0 Å². The summed E-state index contributed by atoms with van der Waals surface area (Å²) < 4.78 is 5.23. The molecular weight excluding hydrogens is 490 g/mol. The van der Waals surface area contributed by atoms with Crippen LogP contribution in [0, 0.1) is 0 Å². The zero-order chi connectivity index (χ0) is 27.1. The van der Waals surface area contributed by atoms with Gasteiger partial charge in [0.25, 0.3) is 0 Å². The second kappa shape index (κ2) is 9.55. The molecule has 0 aliphatic heterocycles. The standard InChI is InChI=1S/C37H27NO2/c1-2-34(39)40-33-21-17-27(18-22-33)26-15-19-32(20-16-26)38(31-11-4-3-5-12-31)37-24-7-10-30-14-13-28-8-6-9-29(23-25-37)35(28)36(30)37/h2-23,25H,1,24H2. The number of rotatable bonds is 6. The minimum atomic E-state index is -0.465. The number of esters is 1. The monoisotopic (exact) mass is 517 g/mol. The molecule has 0 heterocycles. The molecule has 1 atom stereocenters. The fourth-order valence-electron chi connectivity index (χ4n) is 6.16. The van der Waals surface area contributed by atoms with Crippen LogP contribution in [-0.2, 0) is 10.3 Å². The first-order valence-electron chi connectivity index (χ1n) is 13.5. The number of hydrogen-bond donors (Lipinski definition) is 0.